The highest BCUT2D eigenvalue weighted by Crippen LogP contribution is 2.28. The first-order chi connectivity index (χ1) is 20.9. The van der Waals surface area contributed by atoms with Crippen molar-refractivity contribution in [1.29, 1.82) is 0 Å². The predicted octanol–water partition coefficient (Wildman–Crippen LogP) is 7.37. The van der Waals surface area contributed by atoms with Gasteiger partial charge in [0.05, 0.1) is 20.6 Å². The molecular formula is C34H41Cl2N3O4S. The van der Waals surface area contributed by atoms with E-state index in [1.807, 2.05) is 33.8 Å². The van der Waals surface area contributed by atoms with Gasteiger partial charge in [-0.3, -0.25) is 13.9 Å². The summed E-state index contributed by atoms with van der Waals surface area (Å²) >= 11 is 12.5. The lowest BCUT2D eigenvalue weighted by Crippen LogP contribution is -2.54. The Bertz CT molecular complexity index is 1570. The first-order valence-corrected chi connectivity index (χ1v) is 17.3. The van der Waals surface area contributed by atoms with Crippen molar-refractivity contribution in [2.24, 2.45) is 0 Å². The topological polar surface area (TPSA) is 86.8 Å². The zero-order chi connectivity index (χ0) is 32.0. The SMILES string of the molecule is CCC(C(=O)NC1CCCCC1)N(Cc1ccc(Cl)c(Cl)c1)C(=O)CN(c1cc(C)cc(C)c1)S(=O)(=O)c1ccc(C)cc1. The number of halogens is 2. The number of rotatable bonds is 11. The van der Waals surface area contributed by atoms with E-state index in [0.717, 1.165) is 53.1 Å². The minimum absolute atomic E-state index is 0.0532. The Kier molecular flexibility index (Phi) is 11.4. The lowest BCUT2D eigenvalue weighted by atomic mass is 9.95. The van der Waals surface area contributed by atoms with Crippen LogP contribution in [0.1, 0.15) is 67.7 Å². The smallest absolute Gasteiger partial charge is 0.264 e. The number of nitrogens with zero attached hydrogens (tertiary/aromatic N) is 2. The van der Waals surface area contributed by atoms with E-state index in [1.165, 1.54) is 4.90 Å². The second-order valence-corrected chi connectivity index (χ2v) is 14.4. The molecule has 1 atom stereocenters. The van der Waals surface area contributed by atoms with Gasteiger partial charge in [-0.1, -0.05) is 79.2 Å². The van der Waals surface area contributed by atoms with Crippen molar-refractivity contribution in [1.82, 2.24) is 10.2 Å². The third-order valence-electron chi connectivity index (χ3n) is 8.06. The first kappa shape index (κ1) is 33.8. The van der Waals surface area contributed by atoms with Gasteiger partial charge in [0.1, 0.15) is 12.6 Å². The molecule has 2 amide bonds. The van der Waals surface area contributed by atoms with Crippen molar-refractivity contribution < 1.29 is 18.0 Å². The van der Waals surface area contributed by atoms with E-state index < -0.39 is 28.5 Å². The summed E-state index contributed by atoms with van der Waals surface area (Å²) in [5, 5.41) is 3.87. The quantitative estimate of drug-likeness (QED) is 0.233. The summed E-state index contributed by atoms with van der Waals surface area (Å²) in [5.41, 5.74) is 3.70. The number of carbonyl (C=O) groups excluding carboxylic acids is 2. The molecule has 3 aromatic carbocycles. The van der Waals surface area contributed by atoms with Crippen LogP contribution in [0.25, 0.3) is 0 Å². The standard InChI is InChI=1S/C34H41Cl2N3O4S/c1-5-32(34(41)37-27-9-7-6-8-10-27)38(21-26-13-16-30(35)31(36)20-26)33(40)22-39(28-18-24(3)17-25(4)19-28)44(42,43)29-14-11-23(2)12-15-29/h11-20,27,32H,5-10,21-22H2,1-4H3,(H,37,41). The Labute approximate surface area is 271 Å². The average molecular weight is 659 g/mol. The van der Waals surface area contributed by atoms with Gasteiger partial charge < -0.3 is 10.2 Å². The lowest BCUT2D eigenvalue weighted by Gasteiger charge is -2.34. The van der Waals surface area contributed by atoms with Crippen molar-refractivity contribution in [2.45, 2.75) is 89.7 Å². The van der Waals surface area contributed by atoms with E-state index in [0.29, 0.717) is 27.7 Å². The van der Waals surface area contributed by atoms with Crippen molar-refractivity contribution in [3.05, 3.63) is 93.0 Å². The van der Waals surface area contributed by atoms with Crippen molar-refractivity contribution in [3.63, 3.8) is 0 Å². The van der Waals surface area contributed by atoms with Gasteiger partial charge >= 0.3 is 0 Å². The molecule has 1 unspecified atom stereocenters. The number of nitrogens with one attached hydrogen (secondary N) is 1. The highest BCUT2D eigenvalue weighted by molar-refractivity contribution is 7.92. The maximum Gasteiger partial charge on any atom is 0.264 e. The highest BCUT2D eigenvalue weighted by Gasteiger charge is 2.34. The molecule has 1 aliphatic carbocycles. The third-order valence-corrected chi connectivity index (χ3v) is 10.6. The molecule has 1 aliphatic rings. The summed E-state index contributed by atoms with van der Waals surface area (Å²) in [6, 6.07) is 16.3. The summed E-state index contributed by atoms with van der Waals surface area (Å²) in [5.74, 6) is -0.747. The Morgan fingerprint density at radius 1 is 0.864 bits per heavy atom. The van der Waals surface area contributed by atoms with E-state index in [1.54, 1.807) is 54.6 Å². The van der Waals surface area contributed by atoms with Crippen LogP contribution in [0.5, 0.6) is 0 Å². The number of hydrogen-bond donors (Lipinski definition) is 1. The van der Waals surface area contributed by atoms with Crippen LogP contribution in [0.3, 0.4) is 0 Å². The van der Waals surface area contributed by atoms with Crippen molar-refractivity contribution in [2.75, 3.05) is 10.8 Å². The minimum atomic E-state index is -4.15. The minimum Gasteiger partial charge on any atom is -0.352 e. The molecule has 1 saturated carbocycles. The molecule has 44 heavy (non-hydrogen) atoms. The second kappa shape index (κ2) is 14.8. The van der Waals surface area contributed by atoms with Crippen LogP contribution >= 0.6 is 23.2 Å². The van der Waals surface area contributed by atoms with Crippen LogP contribution in [0.2, 0.25) is 10.0 Å². The molecule has 4 rings (SSSR count). The molecule has 1 fully saturated rings. The molecule has 0 saturated heterocycles. The highest BCUT2D eigenvalue weighted by atomic mass is 35.5. The van der Waals surface area contributed by atoms with Crippen molar-refractivity contribution >= 4 is 50.7 Å². The molecule has 7 nitrogen and oxygen atoms in total. The molecule has 0 spiro atoms. The van der Waals surface area contributed by atoms with E-state index in [9.17, 15) is 18.0 Å². The molecule has 1 N–H and O–H groups in total. The third kappa shape index (κ3) is 8.34. The van der Waals surface area contributed by atoms with Crippen LogP contribution < -0.4 is 9.62 Å². The predicted molar refractivity (Wildman–Crippen MR) is 178 cm³/mol. The number of benzene rings is 3. The summed E-state index contributed by atoms with van der Waals surface area (Å²) in [6.45, 7) is 7.06. The lowest BCUT2D eigenvalue weighted by molar-refractivity contribution is -0.140. The fourth-order valence-electron chi connectivity index (χ4n) is 5.76. The number of anilines is 1. The number of hydrogen-bond acceptors (Lipinski definition) is 4. The Balaban J connectivity index is 1.74. The summed E-state index contributed by atoms with van der Waals surface area (Å²) < 4.78 is 29.4. The monoisotopic (exact) mass is 657 g/mol. The number of sulfonamides is 1. The molecule has 10 heteroatoms. The Morgan fingerprint density at radius 3 is 2.09 bits per heavy atom. The largest absolute Gasteiger partial charge is 0.352 e. The second-order valence-electron chi connectivity index (χ2n) is 11.7. The maximum absolute atomic E-state index is 14.4. The van der Waals surface area contributed by atoms with E-state index >= 15 is 0 Å². The van der Waals surface area contributed by atoms with Crippen LogP contribution in [-0.2, 0) is 26.2 Å². The van der Waals surface area contributed by atoms with E-state index in [-0.39, 0.29) is 23.4 Å². The molecular weight excluding hydrogens is 617 g/mol. The molecule has 0 radical (unpaired) electrons. The Hall–Kier alpha value is -3.07. The molecule has 0 aliphatic heterocycles. The van der Waals surface area contributed by atoms with Gasteiger partial charge in [-0.05, 0) is 93.1 Å². The first-order valence-electron chi connectivity index (χ1n) is 15.1. The fraction of sp³-hybridized carbons (Fsp3) is 0.412. The summed E-state index contributed by atoms with van der Waals surface area (Å²) in [6.07, 6.45) is 5.40. The number of carbonyl (C=O) groups is 2. The van der Waals surface area contributed by atoms with Gasteiger partial charge in [-0.2, -0.15) is 0 Å². The van der Waals surface area contributed by atoms with Crippen LogP contribution in [0, 0.1) is 20.8 Å². The summed E-state index contributed by atoms with van der Waals surface area (Å²) in [7, 11) is -4.15. The Morgan fingerprint density at radius 2 is 1.50 bits per heavy atom. The van der Waals surface area contributed by atoms with Crippen LogP contribution in [-0.4, -0.2) is 43.8 Å². The zero-order valence-electron chi connectivity index (χ0n) is 25.8. The van der Waals surface area contributed by atoms with Gasteiger partial charge in [0.2, 0.25) is 11.8 Å². The normalized spacial score (nSPS) is 14.6. The van der Waals surface area contributed by atoms with Gasteiger partial charge in [0.25, 0.3) is 10.0 Å². The molecule has 0 aromatic heterocycles. The number of amides is 2. The maximum atomic E-state index is 14.4. The zero-order valence-corrected chi connectivity index (χ0v) is 28.1. The molecule has 3 aromatic rings. The van der Waals surface area contributed by atoms with E-state index in [2.05, 4.69) is 5.32 Å². The van der Waals surface area contributed by atoms with Gasteiger partial charge in [-0.15, -0.1) is 0 Å². The number of aryl methyl sites for hydroxylation is 3. The van der Waals surface area contributed by atoms with E-state index in [4.69, 9.17) is 23.2 Å². The van der Waals surface area contributed by atoms with Gasteiger partial charge in [0.15, 0.2) is 0 Å². The van der Waals surface area contributed by atoms with Crippen molar-refractivity contribution in [3.8, 4) is 0 Å². The van der Waals surface area contributed by atoms with Crippen LogP contribution in [0.15, 0.2) is 65.6 Å². The van der Waals surface area contributed by atoms with Gasteiger partial charge in [-0.25, -0.2) is 8.42 Å². The summed E-state index contributed by atoms with van der Waals surface area (Å²) in [4.78, 5) is 29.6. The fourth-order valence-corrected chi connectivity index (χ4v) is 7.48. The van der Waals surface area contributed by atoms with Gasteiger partial charge in [0, 0.05) is 12.6 Å². The van der Waals surface area contributed by atoms with Crippen LogP contribution in [0.4, 0.5) is 5.69 Å². The molecule has 0 heterocycles. The molecule has 0 bridgehead atoms. The molecule has 236 valence electrons. The average Bonchev–Trinajstić information content (AvgIpc) is 2.97.